The van der Waals surface area contributed by atoms with Crippen LogP contribution in [0.1, 0.15) is 16.1 Å². The number of aliphatic imine (C=N–C) groups is 1. The first-order valence-corrected chi connectivity index (χ1v) is 7.22. The van der Waals surface area contributed by atoms with Crippen LogP contribution in [0.15, 0.2) is 29.3 Å². The lowest BCUT2D eigenvalue weighted by atomic mass is 10.1. The van der Waals surface area contributed by atoms with Gasteiger partial charge in [0, 0.05) is 11.1 Å². The van der Waals surface area contributed by atoms with Crippen LogP contribution in [0.2, 0.25) is 0 Å². The standard InChI is InChI=1S/C14H13N3O2S.ClH/c1-8-11(13(19)17-14-15-6-7-20-14)12(18)9-4-2-3-5-10(9)16-8;/h2-5H,6-7H2,1H3,(H,16,18)(H,15,17,19);1H. The van der Waals surface area contributed by atoms with E-state index in [1.54, 1.807) is 25.1 Å². The van der Waals surface area contributed by atoms with E-state index in [-0.39, 0.29) is 29.6 Å². The maximum absolute atomic E-state index is 12.3. The Balaban J connectivity index is 0.00000161. The van der Waals surface area contributed by atoms with E-state index in [4.69, 9.17) is 0 Å². The lowest BCUT2D eigenvalue weighted by Gasteiger charge is -2.10. The number of amidine groups is 1. The molecule has 0 spiro atoms. The van der Waals surface area contributed by atoms with Crippen molar-refractivity contribution >= 4 is 46.1 Å². The van der Waals surface area contributed by atoms with E-state index in [2.05, 4.69) is 15.3 Å². The van der Waals surface area contributed by atoms with E-state index < -0.39 is 0 Å². The van der Waals surface area contributed by atoms with Gasteiger partial charge in [-0.2, -0.15) is 0 Å². The zero-order valence-electron chi connectivity index (χ0n) is 11.3. The Labute approximate surface area is 132 Å². The van der Waals surface area contributed by atoms with E-state index in [1.807, 2.05) is 6.07 Å². The van der Waals surface area contributed by atoms with Crippen molar-refractivity contribution in [1.29, 1.82) is 0 Å². The number of fused-ring (bicyclic) bond motifs is 1. The summed E-state index contributed by atoms with van der Waals surface area (Å²) in [7, 11) is 0. The number of benzene rings is 1. The van der Waals surface area contributed by atoms with E-state index in [9.17, 15) is 9.90 Å². The third kappa shape index (κ3) is 2.96. The van der Waals surface area contributed by atoms with Crippen molar-refractivity contribution in [3.8, 4) is 5.75 Å². The third-order valence-corrected chi connectivity index (χ3v) is 3.97. The summed E-state index contributed by atoms with van der Waals surface area (Å²) in [5.74, 6) is 0.469. The lowest BCUT2D eigenvalue weighted by molar-refractivity contribution is 0.0974. The highest BCUT2D eigenvalue weighted by Crippen LogP contribution is 2.29. The predicted molar refractivity (Wildman–Crippen MR) is 87.6 cm³/mol. The minimum absolute atomic E-state index is 0. The molecule has 5 nitrogen and oxygen atoms in total. The molecule has 0 saturated carbocycles. The number of rotatable bonds is 1. The number of hydrogen-bond donors (Lipinski definition) is 2. The first-order chi connectivity index (χ1) is 9.66. The molecule has 0 saturated heterocycles. The number of nitrogens with one attached hydrogen (secondary N) is 1. The molecule has 2 N–H and O–H groups in total. The molecule has 0 radical (unpaired) electrons. The number of carbonyl (C=O) groups is 1. The zero-order chi connectivity index (χ0) is 14.1. The lowest BCUT2D eigenvalue weighted by Crippen LogP contribution is -2.28. The average molecular weight is 324 g/mol. The van der Waals surface area contributed by atoms with Crippen LogP contribution in [0, 0.1) is 6.92 Å². The van der Waals surface area contributed by atoms with Gasteiger partial charge in [-0.05, 0) is 19.1 Å². The van der Waals surface area contributed by atoms with Gasteiger partial charge in [-0.3, -0.25) is 14.8 Å². The number of halogens is 1. The molecule has 2 aromatic rings. The number of nitrogens with zero attached hydrogens (tertiary/aromatic N) is 2. The highest BCUT2D eigenvalue weighted by molar-refractivity contribution is 8.14. The molecule has 110 valence electrons. The highest BCUT2D eigenvalue weighted by Gasteiger charge is 2.20. The number of aromatic hydroxyl groups is 1. The zero-order valence-corrected chi connectivity index (χ0v) is 12.9. The van der Waals surface area contributed by atoms with Crippen LogP contribution in [0.3, 0.4) is 0 Å². The Morgan fingerprint density at radius 2 is 2.14 bits per heavy atom. The molecule has 0 aliphatic carbocycles. The van der Waals surface area contributed by atoms with Crippen LogP contribution < -0.4 is 5.32 Å². The largest absolute Gasteiger partial charge is 0.506 e. The summed E-state index contributed by atoms with van der Waals surface area (Å²) in [5.41, 5.74) is 1.38. The van der Waals surface area contributed by atoms with E-state index in [0.29, 0.717) is 28.3 Å². The molecule has 0 bridgehead atoms. The van der Waals surface area contributed by atoms with Crippen molar-refractivity contribution in [2.24, 2.45) is 4.99 Å². The average Bonchev–Trinajstić information content (AvgIpc) is 2.91. The third-order valence-electron chi connectivity index (χ3n) is 3.08. The molecule has 1 aromatic heterocycles. The molecule has 2 heterocycles. The van der Waals surface area contributed by atoms with Gasteiger partial charge < -0.3 is 10.4 Å². The summed E-state index contributed by atoms with van der Waals surface area (Å²) in [6, 6.07) is 7.20. The van der Waals surface area contributed by atoms with Gasteiger partial charge in [-0.25, -0.2) is 0 Å². The monoisotopic (exact) mass is 323 g/mol. The number of aromatic nitrogens is 1. The second-order valence-electron chi connectivity index (χ2n) is 4.43. The molecule has 0 fully saturated rings. The van der Waals surface area contributed by atoms with Crippen LogP contribution in [0.5, 0.6) is 5.75 Å². The van der Waals surface area contributed by atoms with E-state index in [1.165, 1.54) is 11.8 Å². The van der Waals surface area contributed by atoms with Crippen molar-refractivity contribution in [2.75, 3.05) is 12.3 Å². The van der Waals surface area contributed by atoms with Crippen LogP contribution >= 0.6 is 24.2 Å². The first-order valence-electron chi connectivity index (χ1n) is 6.23. The van der Waals surface area contributed by atoms with Crippen molar-refractivity contribution < 1.29 is 9.90 Å². The summed E-state index contributed by atoms with van der Waals surface area (Å²) in [5, 5.41) is 14.2. The highest BCUT2D eigenvalue weighted by atomic mass is 35.5. The molecule has 0 unspecified atom stereocenters. The second-order valence-corrected chi connectivity index (χ2v) is 5.51. The maximum atomic E-state index is 12.3. The number of thioether (sulfide) groups is 1. The molecule has 1 aliphatic rings. The van der Waals surface area contributed by atoms with Gasteiger partial charge in [0.15, 0.2) is 5.17 Å². The van der Waals surface area contributed by atoms with Crippen molar-refractivity contribution in [3.63, 3.8) is 0 Å². The smallest absolute Gasteiger partial charge is 0.262 e. The van der Waals surface area contributed by atoms with Gasteiger partial charge in [0.05, 0.1) is 17.8 Å². The van der Waals surface area contributed by atoms with Gasteiger partial charge in [0.2, 0.25) is 0 Å². The first kappa shape index (κ1) is 15.6. The van der Waals surface area contributed by atoms with Crippen molar-refractivity contribution in [1.82, 2.24) is 10.3 Å². The van der Waals surface area contributed by atoms with E-state index in [0.717, 1.165) is 5.75 Å². The van der Waals surface area contributed by atoms with Gasteiger partial charge in [-0.1, -0.05) is 23.9 Å². The van der Waals surface area contributed by atoms with Gasteiger partial charge in [-0.15, -0.1) is 12.4 Å². The number of pyridine rings is 1. The molecule has 21 heavy (non-hydrogen) atoms. The predicted octanol–water partition coefficient (Wildman–Crippen LogP) is 2.50. The van der Waals surface area contributed by atoms with Crippen LogP contribution in [-0.4, -0.2) is 33.5 Å². The molecule has 1 aromatic carbocycles. The fourth-order valence-corrected chi connectivity index (χ4v) is 2.88. The van der Waals surface area contributed by atoms with Crippen molar-refractivity contribution in [2.45, 2.75) is 6.92 Å². The molecular formula is C14H14ClN3O2S. The number of aryl methyl sites for hydroxylation is 1. The summed E-state index contributed by atoms with van der Waals surface area (Å²) in [6.07, 6.45) is 0. The Kier molecular flexibility index (Phi) is 4.69. The molecule has 7 heteroatoms. The SMILES string of the molecule is Cc1nc2ccccc2c(O)c1C(=O)NC1=NCCS1.Cl. The van der Waals surface area contributed by atoms with Gasteiger partial charge in [0.25, 0.3) is 5.91 Å². The number of amides is 1. The van der Waals surface area contributed by atoms with Gasteiger partial charge in [0.1, 0.15) is 11.3 Å². The summed E-state index contributed by atoms with van der Waals surface area (Å²) in [6.45, 7) is 2.42. The van der Waals surface area contributed by atoms with Crippen LogP contribution in [0.4, 0.5) is 0 Å². The van der Waals surface area contributed by atoms with E-state index >= 15 is 0 Å². The normalized spacial score (nSPS) is 13.7. The Hall–Kier alpha value is -1.79. The fourth-order valence-electron chi connectivity index (χ4n) is 2.16. The number of hydrogen-bond acceptors (Lipinski definition) is 5. The Morgan fingerprint density at radius 1 is 1.38 bits per heavy atom. The van der Waals surface area contributed by atoms with Gasteiger partial charge >= 0.3 is 0 Å². The fraction of sp³-hybridized carbons (Fsp3) is 0.214. The minimum atomic E-state index is -0.369. The second kappa shape index (κ2) is 6.32. The quantitative estimate of drug-likeness (QED) is 0.845. The maximum Gasteiger partial charge on any atom is 0.262 e. The molecule has 1 aliphatic heterocycles. The Bertz CT molecular complexity index is 733. The summed E-state index contributed by atoms with van der Waals surface area (Å²) in [4.78, 5) is 20.8. The Morgan fingerprint density at radius 3 is 2.86 bits per heavy atom. The summed E-state index contributed by atoms with van der Waals surface area (Å²) < 4.78 is 0. The van der Waals surface area contributed by atoms with Crippen LogP contribution in [-0.2, 0) is 0 Å². The molecular weight excluding hydrogens is 310 g/mol. The molecule has 1 amide bonds. The topological polar surface area (TPSA) is 74.6 Å². The minimum Gasteiger partial charge on any atom is -0.506 e. The molecule has 3 rings (SSSR count). The molecule has 0 atom stereocenters. The summed E-state index contributed by atoms with van der Waals surface area (Å²) >= 11 is 1.50. The van der Waals surface area contributed by atoms with Crippen LogP contribution in [0.25, 0.3) is 10.9 Å². The van der Waals surface area contributed by atoms with Crippen molar-refractivity contribution in [3.05, 3.63) is 35.5 Å². The number of para-hydroxylation sites is 1. The number of carbonyl (C=O) groups excluding carboxylic acids is 1.